The van der Waals surface area contributed by atoms with Crippen LogP contribution < -0.4 is 5.73 Å². The number of hydrogen-bond donors (Lipinski definition) is 1. The highest BCUT2D eigenvalue weighted by Gasteiger charge is 2.33. The Morgan fingerprint density at radius 1 is 0.857 bits per heavy atom. The quantitative estimate of drug-likeness (QED) is 0.739. The van der Waals surface area contributed by atoms with Gasteiger partial charge >= 0.3 is 6.18 Å². The monoisotopic (exact) mass is 289 g/mol. The number of anilines is 1. The van der Waals surface area contributed by atoms with Crippen molar-refractivity contribution < 1.29 is 13.2 Å². The lowest BCUT2D eigenvalue weighted by molar-refractivity contribution is -0.136. The molecule has 0 saturated carbocycles. The summed E-state index contributed by atoms with van der Waals surface area (Å²) in [6, 6.07) is 12.8. The van der Waals surface area contributed by atoms with Crippen molar-refractivity contribution in [1.82, 2.24) is 9.97 Å². The molecule has 0 unspecified atom stereocenters. The highest BCUT2D eigenvalue weighted by molar-refractivity contribution is 5.95. The average molecular weight is 289 g/mol. The summed E-state index contributed by atoms with van der Waals surface area (Å²) in [5, 5.41) is 0.324. The highest BCUT2D eigenvalue weighted by atomic mass is 19.4. The van der Waals surface area contributed by atoms with Crippen LogP contribution >= 0.6 is 0 Å². The minimum Gasteiger partial charge on any atom is -0.368 e. The van der Waals surface area contributed by atoms with E-state index >= 15 is 0 Å². The first-order valence-corrected chi connectivity index (χ1v) is 6.15. The van der Waals surface area contributed by atoms with E-state index in [0.29, 0.717) is 16.6 Å². The fourth-order valence-electron chi connectivity index (χ4n) is 2.21. The number of nitrogen functional groups attached to an aromatic ring is 1. The molecule has 1 aromatic heterocycles. The second-order valence-corrected chi connectivity index (χ2v) is 4.50. The van der Waals surface area contributed by atoms with Gasteiger partial charge in [-0.05, 0) is 6.07 Å². The van der Waals surface area contributed by atoms with E-state index in [-0.39, 0.29) is 11.5 Å². The molecule has 0 spiro atoms. The van der Waals surface area contributed by atoms with E-state index in [0.717, 1.165) is 6.07 Å². The van der Waals surface area contributed by atoms with Crippen LogP contribution in [-0.2, 0) is 6.18 Å². The number of nitrogens with two attached hydrogens (primary N) is 1. The highest BCUT2D eigenvalue weighted by Crippen LogP contribution is 2.36. The third-order valence-corrected chi connectivity index (χ3v) is 3.10. The number of hydrogen-bond acceptors (Lipinski definition) is 3. The van der Waals surface area contributed by atoms with E-state index in [1.165, 1.54) is 6.07 Å². The van der Waals surface area contributed by atoms with Crippen LogP contribution in [-0.4, -0.2) is 9.97 Å². The maximum absolute atomic E-state index is 13.1. The van der Waals surface area contributed by atoms with Gasteiger partial charge in [0.1, 0.15) is 0 Å². The van der Waals surface area contributed by atoms with Crippen molar-refractivity contribution in [2.24, 2.45) is 0 Å². The third kappa shape index (κ3) is 2.40. The SMILES string of the molecule is Nc1nc(-c2ccccc2)c2cccc(C(F)(F)F)c2n1. The van der Waals surface area contributed by atoms with Crippen LogP contribution in [0.15, 0.2) is 48.5 Å². The molecule has 106 valence electrons. The maximum Gasteiger partial charge on any atom is 0.418 e. The normalized spacial score (nSPS) is 11.8. The molecule has 0 aliphatic heterocycles. The lowest BCUT2D eigenvalue weighted by atomic mass is 10.0. The first kappa shape index (κ1) is 13.4. The summed E-state index contributed by atoms with van der Waals surface area (Å²) in [4.78, 5) is 7.87. The smallest absolute Gasteiger partial charge is 0.368 e. The summed E-state index contributed by atoms with van der Waals surface area (Å²) < 4.78 is 39.2. The van der Waals surface area contributed by atoms with Gasteiger partial charge in [-0.25, -0.2) is 9.97 Å². The summed E-state index contributed by atoms with van der Waals surface area (Å²) in [6.07, 6.45) is -4.49. The summed E-state index contributed by atoms with van der Waals surface area (Å²) >= 11 is 0. The number of nitrogens with zero attached hydrogens (tertiary/aromatic N) is 2. The van der Waals surface area contributed by atoms with Gasteiger partial charge in [-0.3, -0.25) is 0 Å². The lowest BCUT2D eigenvalue weighted by Gasteiger charge is -2.12. The number of aromatic nitrogens is 2. The summed E-state index contributed by atoms with van der Waals surface area (Å²) in [5.74, 6) is -0.182. The first-order valence-electron chi connectivity index (χ1n) is 6.15. The van der Waals surface area contributed by atoms with Crippen molar-refractivity contribution in [3.8, 4) is 11.3 Å². The van der Waals surface area contributed by atoms with Crippen LogP contribution in [0, 0.1) is 0 Å². The molecule has 3 aromatic rings. The van der Waals surface area contributed by atoms with Gasteiger partial charge in [-0.1, -0.05) is 42.5 Å². The zero-order valence-electron chi connectivity index (χ0n) is 10.7. The first-order chi connectivity index (χ1) is 9.97. The van der Waals surface area contributed by atoms with Gasteiger partial charge < -0.3 is 5.73 Å². The molecule has 0 aliphatic carbocycles. The van der Waals surface area contributed by atoms with Crippen molar-refractivity contribution >= 4 is 16.9 Å². The van der Waals surface area contributed by atoms with Gasteiger partial charge in [0.05, 0.1) is 16.8 Å². The van der Waals surface area contributed by atoms with E-state index in [2.05, 4.69) is 9.97 Å². The Morgan fingerprint density at radius 2 is 1.57 bits per heavy atom. The van der Waals surface area contributed by atoms with Crippen LogP contribution in [0.2, 0.25) is 0 Å². The van der Waals surface area contributed by atoms with Crippen LogP contribution in [0.5, 0.6) is 0 Å². The molecular weight excluding hydrogens is 279 g/mol. The minimum atomic E-state index is -4.49. The van der Waals surface area contributed by atoms with Crippen molar-refractivity contribution in [1.29, 1.82) is 0 Å². The van der Waals surface area contributed by atoms with Gasteiger partial charge in [0, 0.05) is 10.9 Å². The van der Waals surface area contributed by atoms with Gasteiger partial charge in [-0.2, -0.15) is 13.2 Å². The molecule has 3 rings (SSSR count). The number of halogens is 3. The van der Waals surface area contributed by atoms with Gasteiger partial charge in [0.25, 0.3) is 0 Å². The predicted molar refractivity (Wildman–Crippen MR) is 74.4 cm³/mol. The summed E-state index contributed by atoms with van der Waals surface area (Å²) in [7, 11) is 0. The topological polar surface area (TPSA) is 51.8 Å². The Bertz CT molecular complexity index is 798. The summed E-state index contributed by atoms with van der Waals surface area (Å²) in [5.41, 5.74) is 5.67. The molecule has 0 aliphatic rings. The summed E-state index contributed by atoms with van der Waals surface area (Å²) in [6.45, 7) is 0. The Kier molecular flexibility index (Phi) is 3.01. The Morgan fingerprint density at radius 3 is 2.24 bits per heavy atom. The van der Waals surface area contributed by atoms with Crippen LogP contribution in [0.3, 0.4) is 0 Å². The van der Waals surface area contributed by atoms with Crippen molar-refractivity contribution in [2.75, 3.05) is 5.73 Å². The molecule has 0 saturated heterocycles. The second kappa shape index (κ2) is 4.73. The number of rotatable bonds is 1. The van der Waals surface area contributed by atoms with Crippen LogP contribution in [0.4, 0.5) is 19.1 Å². The number of alkyl halides is 3. The van der Waals surface area contributed by atoms with Crippen molar-refractivity contribution in [2.45, 2.75) is 6.18 Å². The Balaban J connectivity index is 2.38. The Labute approximate surface area is 118 Å². The molecule has 0 bridgehead atoms. The van der Waals surface area contributed by atoms with Crippen LogP contribution in [0.1, 0.15) is 5.56 Å². The van der Waals surface area contributed by atoms with Crippen molar-refractivity contribution in [3.63, 3.8) is 0 Å². The number of fused-ring (bicyclic) bond motifs is 1. The maximum atomic E-state index is 13.1. The van der Waals surface area contributed by atoms with E-state index in [4.69, 9.17) is 5.73 Å². The van der Waals surface area contributed by atoms with E-state index in [1.807, 2.05) is 6.07 Å². The molecule has 21 heavy (non-hydrogen) atoms. The average Bonchev–Trinajstić information content (AvgIpc) is 2.45. The van der Waals surface area contributed by atoms with E-state index < -0.39 is 11.7 Å². The number of para-hydroxylation sites is 1. The van der Waals surface area contributed by atoms with Gasteiger partial charge in [-0.15, -0.1) is 0 Å². The molecule has 0 fully saturated rings. The molecule has 0 atom stereocenters. The molecule has 3 nitrogen and oxygen atoms in total. The zero-order valence-corrected chi connectivity index (χ0v) is 10.7. The molecule has 6 heteroatoms. The lowest BCUT2D eigenvalue weighted by Crippen LogP contribution is -2.08. The van der Waals surface area contributed by atoms with Crippen molar-refractivity contribution in [3.05, 3.63) is 54.1 Å². The molecular formula is C15H10F3N3. The molecule has 2 aromatic carbocycles. The fourth-order valence-corrected chi connectivity index (χ4v) is 2.21. The zero-order chi connectivity index (χ0) is 15.0. The predicted octanol–water partition coefficient (Wildman–Crippen LogP) is 3.90. The molecule has 0 amide bonds. The molecule has 0 radical (unpaired) electrons. The fraction of sp³-hybridized carbons (Fsp3) is 0.0667. The molecule has 2 N–H and O–H groups in total. The van der Waals surface area contributed by atoms with Gasteiger partial charge in [0.2, 0.25) is 5.95 Å². The Hall–Kier alpha value is -2.63. The van der Waals surface area contributed by atoms with E-state index in [1.54, 1.807) is 30.3 Å². The van der Waals surface area contributed by atoms with E-state index in [9.17, 15) is 13.2 Å². The molecule has 1 heterocycles. The van der Waals surface area contributed by atoms with Crippen LogP contribution in [0.25, 0.3) is 22.2 Å². The minimum absolute atomic E-state index is 0.182. The largest absolute Gasteiger partial charge is 0.418 e. The second-order valence-electron chi connectivity index (χ2n) is 4.50. The number of benzene rings is 2. The standard InChI is InChI=1S/C15H10F3N3/c16-15(17,18)11-8-4-7-10-12(9-5-2-1-3-6-9)20-14(19)21-13(10)11/h1-8H,(H2,19,20,21). The third-order valence-electron chi connectivity index (χ3n) is 3.10. The van der Waals surface area contributed by atoms with Gasteiger partial charge in [0.15, 0.2) is 0 Å².